The van der Waals surface area contributed by atoms with Crippen molar-refractivity contribution in [3.63, 3.8) is 0 Å². The van der Waals surface area contributed by atoms with Gasteiger partial charge in [0.1, 0.15) is 17.9 Å². The zero-order chi connectivity index (χ0) is 19.2. The number of fused-ring (bicyclic) bond motifs is 3. The van der Waals surface area contributed by atoms with Gasteiger partial charge < -0.3 is 9.47 Å². The van der Waals surface area contributed by atoms with E-state index < -0.39 is 0 Å². The molecule has 0 saturated carbocycles. The number of carbonyl (C=O) groups excluding carboxylic acids is 1. The average molecular weight is 365 g/mol. The highest BCUT2D eigenvalue weighted by atomic mass is 16.5. The molecule has 0 N–H and O–H groups in total. The predicted molar refractivity (Wildman–Crippen MR) is 105 cm³/mol. The number of ether oxygens (including phenoxy) is 2. The summed E-state index contributed by atoms with van der Waals surface area (Å²) >= 11 is 0. The molecule has 142 valence electrons. The van der Waals surface area contributed by atoms with Crippen molar-refractivity contribution in [2.24, 2.45) is 0 Å². The molecule has 1 saturated heterocycles. The average Bonchev–Trinajstić information content (AvgIpc) is 3.41. The Balaban J connectivity index is 1.67. The Kier molecular flexibility index (Phi) is 4.47. The van der Waals surface area contributed by atoms with Crippen LogP contribution in [-0.4, -0.2) is 29.6 Å². The van der Waals surface area contributed by atoms with Crippen LogP contribution in [-0.2, 0) is 17.8 Å². The smallest absolute Gasteiger partial charge is 0.341 e. The Morgan fingerprint density at radius 2 is 1.89 bits per heavy atom. The summed E-state index contributed by atoms with van der Waals surface area (Å²) in [5, 5.41) is 0. The fraction of sp³-hybridized carbons (Fsp3) is 0.435. The molecule has 4 nitrogen and oxygen atoms in total. The van der Waals surface area contributed by atoms with E-state index >= 15 is 0 Å². The van der Waals surface area contributed by atoms with Gasteiger partial charge in [-0.3, -0.25) is 4.90 Å². The van der Waals surface area contributed by atoms with Crippen molar-refractivity contribution in [2.45, 2.75) is 57.8 Å². The monoisotopic (exact) mass is 365 g/mol. The van der Waals surface area contributed by atoms with E-state index in [2.05, 4.69) is 31.7 Å². The van der Waals surface area contributed by atoms with Gasteiger partial charge in [0, 0.05) is 11.6 Å². The van der Waals surface area contributed by atoms with Crippen molar-refractivity contribution < 1.29 is 14.3 Å². The molecule has 3 unspecified atom stereocenters. The lowest BCUT2D eigenvalue weighted by atomic mass is 9.87. The van der Waals surface area contributed by atoms with Gasteiger partial charge >= 0.3 is 5.97 Å². The van der Waals surface area contributed by atoms with E-state index in [1.54, 1.807) is 0 Å². The Bertz CT molecular complexity index is 854. The van der Waals surface area contributed by atoms with E-state index in [4.69, 9.17) is 9.47 Å². The van der Waals surface area contributed by atoms with Crippen LogP contribution in [0.25, 0.3) is 0 Å². The highest BCUT2D eigenvalue weighted by Crippen LogP contribution is 2.55. The first-order valence-corrected chi connectivity index (χ1v) is 9.61. The van der Waals surface area contributed by atoms with Gasteiger partial charge in [0.25, 0.3) is 0 Å². The fourth-order valence-corrected chi connectivity index (χ4v) is 4.51. The molecule has 2 aromatic rings. The molecule has 0 aromatic heterocycles. The molecule has 0 bridgehead atoms. The molecular weight excluding hydrogens is 338 g/mol. The Hall–Kier alpha value is -2.33. The SMILES string of the molecule is COC(=O)c1c(OCc2ccccc2)ccc2c1CCC1C2N1C(C)(C)C. The molecule has 3 atom stereocenters. The van der Waals surface area contributed by atoms with Crippen LogP contribution in [0.15, 0.2) is 42.5 Å². The summed E-state index contributed by atoms with van der Waals surface area (Å²) in [6.45, 7) is 7.19. The summed E-state index contributed by atoms with van der Waals surface area (Å²) in [6.07, 6.45) is 1.96. The van der Waals surface area contributed by atoms with Crippen LogP contribution in [0.2, 0.25) is 0 Å². The van der Waals surface area contributed by atoms with Gasteiger partial charge in [-0.1, -0.05) is 36.4 Å². The maximum absolute atomic E-state index is 12.6. The molecule has 1 fully saturated rings. The molecule has 1 aliphatic carbocycles. The van der Waals surface area contributed by atoms with Gasteiger partial charge in [0.05, 0.1) is 13.2 Å². The summed E-state index contributed by atoms with van der Waals surface area (Å²) in [7, 11) is 1.44. The fourth-order valence-electron chi connectivity index (χ4n) is 4.51. The molecule has 27 heavy (non-hydrogen) atoms. The van der Waals surface area contributed by atoms with E-state index in [-0.39, 0.29) is 11.5 Å². The van der Waals surface area contributed by atoms with Crippen molar-refractivity contribution in [3.05, 3.63) is 64.7 Å². The second-order valence-corrected chi connectivity index (χ2v) is 8.40. The third-order valence-corrected chi connectivity index (χ3v) is 5.65. The molecule has 1 heterocycles. The van der Waals surface area contributed by atoms with E-state index in [1.807, 2.05) is 36.4 Å². The Labute approximate surface area is 161 Å². The van der Waals surface area contributed by atoms with Gasteiger partial charge in [-0.2, -0.15) is 0 Å². The number of carbonyl (C=O) groups is 1. The summed E-state index contributed by atoms with van der Waals surface area (Å²) in [5.41, 5.74) is 4.16. The summed E-state index contributed by atoms with van der Waals surface area (Å²) in [5.74, 6) is 0.308. The van der Waals surface area contributed by atoms with Gasteiger partial charge in [-0.15, -0.1) is 0 Å². The van der Waals surface area contributed by atoms with Gasteiger partial charge in [0.2, 0.25) is 0 Å². The summed E-state index contributed by atoms with van der Waals surface area (Å²) in [6, 6.07) is 15.1. The van der Waals surface area contributed by atoms with E-state index in [9.17, 15) is 4.79 Å². The van der Waals surface area contributed by atoms with Crippen LogP contribution >= 0.6 is 0 Å². The van der Waals surface area contributed by atoms with Crippen LogP contribution < -0.4 is 4.74 Å². The first kappa shape index (κ1) is 18.1. The maximum Gasteiger partial charge on any atom is 0.341 e. The number of hydrogen-bond donors (Lipinski definition) is 0. The van der Waals surface area contributed by atoms with Crippen molar-refractivity contribution >= 4 is 5.97 Å². The quantitative estimate of drug-likeness (QED) is 0.590. The van der Waals surface area contributed by atoms with Crippen LogP contribution in [0.5, 0.6) is 5.75 Å². The zero-order valence-electron chi connectivity index (χ0n) is 16.5. The lowest BCUT2D eigenvalue weighted by Gasteiger charge is -2.22. The van der Waals surface area contributed by atoms with Crippen LogP contribution in [0, 0.1) is 0 Å². The van der Waals surface area contributed by atoms with E-state index in [0.29, 0.717) is 30.0 Å². The molecule has 0 amide bonds. The highest BCUT2D eigenvalue weighted by Gasteiger charge is 2.56. The van der Waals surface area contributed by atoms with E-state index in [0.717, 1.165) is 24.0 Å². The number of nitrogens with zero attached hydrogens (tertiary/aromatic N) is 1. The largest absolute Gasteiger partial charge is 0.488 e. The Morgan fingerprint density at radius 3 is 2.56 bits per heavy atom. The lowest BCUT2D eigenvalue weighted by molar-refractivity contribution is 0.0594. The topological polar surface area (TPSA) is 38.5 Å². The minimum Gasteiger partial charge on any atom is -0.488 e. The van der Waals surface area contributed by atoms with Gasteiger partial charge in [0.15, 0.2) is 0 Å². The first-order valence-electron chi connectivity index (χ1n) is 9.61. The first-order chi connectivity index (χ1) is 12.9. The standard InChI is InChI=1S/C23H27NO3/c1-23(2,3)24-18-12-10-16-17(21(18)24)11-13-19(20(16)22(25)26-4)27-14-15-8-6-5-7-9-15/h5-9,11,13,18,21H,10,12,14H2,1-4H3. The van der Waals surface area contributed by atoms with Crippen molar-refractivity contribution in [3.8, 4) is 5.75 Å². The lowest BCUT2D eigenvalue weighted by Crippen LogP contribution is -2.27. The van der Waals surface area contributed by atoms with Crippen molar-refractivity contribution in [1.82, 2.24) is 4.90 Å². The number of hydrogen-bond acceptors (Lipinski definition) is 4. The number of rotatable bonds is 4. The van der Waals surface area contributed by atoms with Crippen molar-refractivity contribution in [2.75, 3.05) is 7.11 Å². The molecule has 4 rings (SSSR count). The molecule has 0 radical (unpaired) electrons. The van der Waals surface area contributed by atoms with Crippen LogP contribution in [0.3, 0.4) is 0 Å². The normalized spacial score (nSPS) is 23.2. The third-order valence-electron chi connectivity index (χ3n) is 5.65. The maximum atomic E-state index is 12.6. The molecule has 2 aromatic carbocycles. The number of esters is 1. The van der Waals surface area contributed by atoms with E-state index in [1.165, 1.54) is 12.7 Å². The van der Waals surface area contributed by atoms with Gasteiger partial charge in [-0.05, 0) is 56.4 Å². The van der Waals surface area contributed by atoms with Crippen LogP contribution in [0.1, 0.15) is 60.3 Å². The van der Waals surface area contributed by atoms with Crippen LogP contribution in [0.4, 0.5) is 0 Å². The zero-order valence-corrected chi connectivity index (χ0v) is 16.5. The molecule has 1 aliphatic heterocycles. The van der Waals surface area contributed by atoms with Gasteiger partial charge in [-0.25, -0.2) is 4.79 Å². The molecule has 2 aliphatic rings. The minimum atomic E-state index is -0.309. The number of benzene rings is 2. The molecule has 0 spiro atoms. The highest BCUT2D eigenvalue weighted by molar-refractivity contribution is 5.95. The third kappa shape index (κ3) is 3.23. The van der Waals surface area contributed by atoms with Crippen molar-refractivity contribution in [1.29, 1.82) is 0 Å². The number of methoxy groups -OCH3 is 1. The minimum absolute atomic E-state index is 0.130. The predicted octanol–water partition coefficient (Wildman–Crippen LogP) is 4.52. The molecular formula is C23H27NO3. The second kappa shape index (κ2) is 6.68. The second-order valence-electron chi connectivity index (χ2n) is 8.40. The summed E-state index contributed by atoms with van der Waals surface area (Å²) < 4.78 is 11.1. The Morgan fingerprint density at radius 1 is 1.15 bits per heavy atom. The summed E-state index contributed by atoms with van der Waals surface area (Å²) in [4.78, 5) is 15.1. The molecule has 4 heteroatoms.